The van der Waals surface area contributed by atoms with Crippen LogP contribution in [0.5, 0.6) is 0 Å². The van der Waals surface area contributed by atoms with Gasteiger partial charge in [0.1, 0.15) is 0 Å². The van der Waals surface area contributed by atoms with Crippen LogP contribution >= 0.6 is 11.3 Å². The average molecular weight is 274 g/mol. The molecule has 0 N–H and O–H groups in total. The van der Waals surface area contributed by atoms with Gasteiger partial charge < -0.3 is 4.90 Å². The fourth-order valence-corrected chi connectivity index (χ4v) is 2.62. The second-order valence-electron chi connectivity index (χ2n) is 4.46. The Bertz CT molecular complexity index is 537. The molecule has 19 heavy (non-hydrogen) atoms. The van der Waals surface area contributed by atoms with Gasteiger partial charge in [0.05, 0.1) is 11.2 Å². The van der Waals surface area contributed by atoms with Crippen LogP contribution in [0.1, 0.15) is 24.6 Å². The number of anilines is 1. The maximum absolute atomic E-state index is 12.3. The molecule has 0 atom stereocenters. The minimum atomic E-state index is 0.154. The van der Waals surface area contributed by atoms with Crippen molar-refractivity contribution in [2.75, 3.05) is 11.4 Å². The molecule has 1 aromatic heterocycles. The first-order chi connectivity index (χ1) is 9.20. The number of hydrogen-bond acceptors (Lipinski definition) is 3. The minimum Gasteiger partial charge on any atom is -0.313 e. The summed E-state index contributed by atoms with van der Waals surface area (Å²) in [5.41, 5.74) is 4.95. The lowest BCUT2D eigenvalue weighted by Gasteiger charge is -2.21. The van der Waals surface area contributed by atoms with E-state index in [9.17, 15) is 4.79 Å². The number of aryl methyl sites for hydroxylation is 2. The van der Waals surface area contributed by atoms with E-state index in [0.29, 0.717) is 19.4 Å². The average Bonchev–Trinajstić information content (AvgIpc) is 2.90. The SMILES string of the molecule is CCN(C(=O)CCc1cscn1)c1cccc(C)c1. The van der Waals surface area contributed by atoms with E-state index in [1.165, 1.54) is 5.56 Å². The second-order valence-corrected chi connectivity index (χ2v) is 5.18. The molecule has 0 aliphatic rings. The molecule has 1 heterocycles. The number of thiazole rings is 1. The molecule has 100 valence electrons. The van der Waals surface area contributed by atoms with Gasteiger partial charge in [-0.25, -0.2) is 4.98 Å². The number of aromatic nitrogens is 1. The maximum atomic E-state index is 12.3. The number of rotatable bonds is 5. The number of nitrogens with zero attached hydrogens (tertiary/aromatic N) is 2. The first-order valence-electron chi connectivity index (χ1n) is 6.45. The van der Waals surface area contributed by atoms with Crippen LogP contribution in [0.25, 0.3) is 0 Å². The van der Waals surface area contributed by atoms with Gasteiger partial charge in [-0.15, -0.1) is 11.3 Å². The Morgan fingerprint density at radius 2 is 2.26 bits per heavy atom. The van der Waals surface area contributed by atoms with E-state index < -0.39 is 0 Å². The summed E-state index contributed by atoms with van der Waals surface area (Å²) in [6, 6.07) is 8.06. The van der Waals surface area contributed by atoms with Crippen LogP contribution in [0.3, 0.4) is 0 Å². The Labute approximate surface area is 117 Å². The van der Waals surface area contributed by atoms with E-state index in [1.54, 1.807) is 16.8 Å². The van der Waals surface area contributed by atoms with Gasteiger partial charge in [-0.3, -0.25) is 4.79 Å². The fraction of sp³-hybridized carbons (Fsp3) is 0.333. The molecule has 0 bridgehead atoms. The molecule has 0 unspecified atom stereocenters. The van der Waals surface area contributed by atoms with Gasteiger partial charge in [-0.2, -0.15) is 0 Å². The predicted molar refractivity (Wildman–Crippen MR) is 79.6 cm³/mol. The molecule has 0 fully saturated rings. The highest BCUT2D eigenvalue weighted by Gasteiger charge is 2.14. The van der Waals surface area contributed by atoms with Crippen LogP contribution in [0.2, 0.25) is 0 Å². The monoisotopic (exact) mass is 274 g/mol. The predicted octanol–water partition coefficient (Wildman–Crippen LogP) is 3.44. The molecule has 0 aliphatic carbocycles. The van der Waals surface area contributed by atoms with Gasteiger partial charge in [-0.1, -0.05) is 12.1 Å². The van der Waals surface area contributed by atoms with Crippen molar-refractivity contribution in [2.24, 2.45) is 0 Å². The molecule has 1 amide bonds. The van der Waals surface area contributed by atoms with Gasteiger partial charge in [0, 0.05) is 24.0 Å². The van der Waals surface area contributed by atoms with Gasteiger partial charge >= 0.3 is 0 Å². The number of benzene rings is 1. The third-order valence-electron chi connectivity index (χ3n) is 3.01. The first kappa shape index (κ1) is 13.7. The van der Waals surface area contributed by atoms with Crippen LogP contribution in [0, 0.1) is 6.92 Å². The lowest BCUT2D eigenvalue weighted by molar-refractivity contribution is -0.118. The molecule has 0 saturated carbocycles. The Hall–Kier alpha value is -1.68. The standard InChI is InChI=1S/C15H18N2OS/c1-3-17(14-6-4-5-12(2)9-14)15(18)8-7-13-10-19-11-16-13/h4-6,9-11H,3,7-8H2,1-2H3. The zero-order chi connectivity index (χ0) is 13.7. The van der Waals surface area contributed by atoms with Crippen molar-refractivity contribution in [3.05, 3.63) is 46.4 Å². The number of hydrogen-bond donors (Lipinski definition) is 0. The highest BCUT2D eigenvalue weighted by atomic mass is 32.1. The Balaban J connectivity index is 2.02. The van der Waals surface area contributed by atoms with Crippen LogP contribution < -0.4 is 4.90 Å². The van der Waals surface area contributed by atoms with Crippen molar-refractivity contribution in [3.63, 3.8) is 0 Å². The molecular weight excluding hydrogens is 256 g/mol. The van der Waals surface area contributed by atoms with Crippen LogP contribution in [0.15, 0.2) is 35.2 Å². The zero-order valence-corrected chi connectivity index (χ0v) is 12.1. The maximum Gasteiger partial charge on any atom is 0.227 e. The molecule has 1 aromatic carbocycles. The quantitative estimate of drug-likeness (QED) is 0.837. The normalized spacial score (nSPS) is 10.4. The van der Waals surface area contributed by atoms with E-state index in [0.717, 1.165) is 11.4 Å². The highest BCUT2D eigenvalue weighted by Crippen LogP contribution is 2.17. The zero-order valence-electron chi connectivity index (χ0n) is 11.3. The van der Waals surface area contributed by atoms with Crippen molar-refractivity contribution >= 4 is 22.9 Å². The summed E-state index contributed by atoms with van der Waals surface area (Å²) in [6.07, 6.45) is 1.22. The summed E-state index contributed by atoms with van der Waals surface area (Å²) in [7, 11) is 0. The fourth-order valence-electron chi connectivity index (χ4n) is 2.03. The van der Waals surface area contributed by atoms with E-state index >= 15 is 0 Å². The van der Waals surface area contributed by atoms with Crippen LogP contribution in [0.4, 0.5) is 5.69 Å². The number of carbonyl (C=O) groups is 1. The highest BCUT2D eigenvalue weighted by molar-refractivity contribution is 7.07. The number of amides is 1. The Morgan fingerprint density at radius 3 is 2.89 bits per heavy atom. The topological polar surface area (TPSA) is 33.2 Å². The summed E-state index contributed by atoms with van der Waals surface area (Å²) in [5.74, 6) is 0.154. The molecule has 0 radical (unpaired) electrons. The van der Waals surface area contributed by atoms with Crippen molar-refractivity contribution < 1.29 is 4.79 Å². The molecule has 0 saturated heterocycles. The van der Waals surface area contributed by atoms with Gasteiger partial charge in [0.25, 0.3) is 0 Å². The summed E-state index contributed by atoms with van der Waals surface area (Å²) < 4.78 is 0. The van der Waals surface area contributed by atoms with E-state index in [4.69, 9.17) is 0 Å². The first-order valence-corrected chi connectivity index (χ1v) is 7.39. The molecule has 2 aromatic rings. The lowest BCUT2D eigenvalue weighted by atomic mass is 10.2. The molecule has 0 spiro atoms. The second kappa shape index (κ2) is 6.48. The molecule has 3 nitrogen and oxygen atoms in total. The smallest absolute Gasteiger partial charge is 0.227 e. The van der Waals surface area contributed by atoms with Crippen molar-refractivity contribution in [3.8, 4) is 0 Å². The van der Waals surface area contributed by atoms with E-state index in [2.05, 4.69) is 4.98 Å². The third-order valence-corrected chi connectivity index (χ3v) is 3.64. The molecule has 2 rings (SSSR count). The van der Waals surface area contributed by atoms with Crippen molar-refractivity contribution in [1.29, 1.82) is 0 Å². The lowest BCUT2D eigenvalue weighted by Crippen LogP contribution is -2.30. The molecular formula is C15H18N2OS. The summed E-state index contributed by atoms with van der Waals surface area (Å²) in [4.78, 5) is 18.3. The molecule has 4 heteroatoms. The van der Waals surface area contributed by atoms with Crippen LogP contribution in [-0.4, -0.2) is 17.4 Å². The van der Waals surface area contributed by atoms with E-state index in [1.807, 2.05) is 48.4 Å². The van der Waals surface area contributed by atoms with Gasteiger partial charge in [0.15, 0.2) is 0 Å². The van der Waals surface area contributed by atoms with Gasteiger partial charge in [-0.05, 0) is 38.0 Å². The van der Waals surface area contributed by atoms with E-state index in [-0.39, 0.29) is 5.91 Å². The number of carbonyl (C=O) groups excluding carboxylic acids is 1. The largest absolute Gasteiger partial charge is 0.313 e. The Morgan fingerprint density at radius 1 is 1.42 bits per heavy atom. The minimum absolute atomic E-state index is 0.154. The van der Waals surface area contributed by atoms with Crippen LogP contribution in [-0.2, 0) is 11.2 Å². The van der Waals surface area contributed by atoms with Crippen molar-refractivity contribution in [2.45, 2.75) is 26.7 Å². The molecule has 0 aliphatic heterocycles. The Kier molecular flexibility index (Phi) is 4.68. The third kappa shape index (κ3) is 3.64. The summed E-state index contributed by atoms with van der Waals surface area (Å²) in [6.45, 7) is 4.74. The summed E-state index contributed by atoms with van der Waals surface area (Å²) >= 11 is 1.57. The van der Waals surface area contributed by atoms with Crippen molar-refractivity contribution in [1.82, 2.24) is 4.98 Å². The summed E-state index contributed by atoms with van der Waals surface area (Å²) in [5, 5.41) is 2.00. The van der Waals surface area contributed by atoms with Gasteiger partial charge in [0.2, 0.25) is 5.91 Å².